The summed E-state index contributed by atoms with van der Waals surface area (Å²) in [6, 6.07) is 9.86. The largest absolute Gasteiger partial charge is 0.445 e. The normalized spacial score (nSPS) is 17.8. The van der Waals surface area contributed by atoms with E-state index in [4.69, 9.17) is 4.74 Å². The van der Waals surface area contributed by atoms with Crippen molar-refractivity contribution in [3.05, 3.63) is 35.9 Å². The molecule has 1 heterocycles. The Hall–Kier alpha value is -2.08. The number of ether oxygens (including phenoxy) is 1. The monoisotopic (exact) mass is 375 g/mol. The van der Waals surface area contributed by atoms with E-state index in [2.05, 4.69) is 31.2 Å². The van der Waals surface area contributed by atoms with Crippen LogP contribution < -0.4 is 5.32 Å². The number of hydrogen-bond acceptors (Lipinski definition) is 4. The van der Waals surface area contributed by atoms with Crippen LogP contribution in [0.5, 0.6) is 0 Å². The van der Waals surface area contributed by atoms with Crippen molar-refractivity contribution < 1.29 is 14.3 Å². The molecule has 150 valence electrons. The standard InChI is InChI=1S/C21H33N3O3/c1-17(12-15-23(2)3)19-10-7-14-24(19)20(25)11-13-22-21(26)27-16-18-8-5-4-6-9-18/h4-6,8-9,17,19H,7,10-16H2,1-3H3,(H,22,26)/t17?,19-/m0/s1. The highest BCUT2D eigenvalue weighted by atomic mass is 16.5. The number of carbonyl (C=O) groups excluding carboxylic acids is 2. The van der Waals surface area contributed by atoms with Crippen LogP contribution in [0, 0.1) is 5.92 Å². The van der Waals surface area contributed by atoms with Crippen LogP contribution in [0.25, 0.3) is 0 Å². The molecule has 1 aromatic carbocycles. The fraction of sp³-hybridized carbons (Fsp3) is 0.619. The average molecular weight is 376 g/mol. The zero-order valence-corrected chi connectivity index (χ0v) is 16.8. The Morgan fingerprint density at radius 3 is 2.74 bits per heavy atom. The molecule has 1 saturated heterocycles. The number of carbonyl (C=O) groups is 2. The second kappa shape index (κ2) is 10.9. The lowest BCUT2D eigenvalue weighted by Crippen LogP contribution is -2.41. The van der Waals surface area contributed by atoms with E-state index in [0.29, 0.717) is 24.9 Å². The van der Waals surface area contributed by atoms with Gasteiger partial charge in [-0.2, -0.15) is 0 Å². The van der Waals surface area contributed by atoms with Crippen molar-refractivity contribution >= 4 is 12.0 Å². The first-order valence-corrected chi connectivity index (χ1v) is 9.86. The van der Waals surface area contributed by atoms with Gasteiger partial charge in [-0.25, -0.2) is 4.79 Å². The average Bonchev–Trinajstić information content (AvgIpc) is 3.15. The minimum absolute atomic E-state index is 0.123. The lowest BCUT2D eigenvalue weighted by Gasteiger charge is -2.30. The number of alkyl carbamates (subject to hydrolysis) is 1. The third-order valence-corrected chi connectivity index (χ3v) is 5.13. The molecule has 1 fully saturated rings. The molecule has 1 unspecified atom stereocenters. The van der Waals surface area contributed by atoms with Gasteiger partial charge in [0.15, 0.2) is 0 Å². The second-order valence-electron chi connectivity index (χ2n) is 7.60. The summed E-state index contributed by atoms with van der Waals surface area (Å²) in [5.41, 5.74) is 0.940. The number of nitrogens with one attached hydrogen (secondary N) is 1. The maximum Gasteiger partial charge on any atom is 0.407 e. The number of hydrogen-bond donors (Lipinski definition) is 1. The Kier molecular flexibility index (Phi) is 8.58. The smallest absolute Gasteiger partial charge is 0.407 e. The van der Waals surface area contributed by atoms with Gasteiger partial charge >= 0.3 is 6.09 Å². The molecule has 0 bridgehead atoms. The summed E-state index contributed by atoms with van der Waals surface area (Å²) >= 11 is 0. The van der Waals surface area contributed by atoms with Crippen molar-refractivity contribution in [2.75, 3.05) is 33.7 Å². The molecule has 6 heteroatoms. The molecule has 0 saturated carbocycles. The molecule has 2 atom stereocenters. The highest BCUT2D eigenvalue weighted by Gasteiger charge is 2.32. The van der Waals surface area contributed by atoms with Gasteiger partial charge in [0.25, 0.3) is 0 Å². The zero-order valence-electron chi connectivity index (χ0n) is 16.8. The summed E-state index contributed by atoms with van der Waals surface area (Å²) in [6.07, 6.45) is 3.06. The van der Waals surface area contributed by atoms with Crippen molar-refractivity contribution in [1.82, 2.24) is 15.1 Å². The first kappa shape index (κ1) is 21.2. The lowest BCUT2D eigenvalue weighted by molar-refractivity contribution is -0.132. The van der Waals surface area contributed by atoms with Gasteiger partial charge in [0, 0.05) is 25.6 Å². The number of rotatable bonds is 9. The first-order chi connectivity index (χ1) is 13.0. The minimum Gasteiger partial charge on any atom is -0.445 e. The third kappa shape index (κ3) is 7.21. The van der Waals surface area contributed by atoms with Crippen LogP contribution in [0.2, 0.25) is 0 Å². The van der Waals surface area contributed by atoms with E-state index in [9.17, 15) is 9.59 Å². The first-order valence-electron chi connectivity index (χ1n) is 9.86. The van der Waals surface area contributed by atoms with Crippen LogP contribution in [-0.2, 0) is 16.1 Å². The second-order valence-corrected chi connectivity index (χ2v) is 7.60. The van der Waals surface area contributed by atoms with Crippen LogP contribution >= 0.6 is 0 Å². The SMILES string of the molecule is CC(CCN(C)C)[C@@H]1CCCN1C(=O)CCNC(=O)OCc1ccccc1. The lowest BCUT2D eigenvalue weighted by atomic mass is 9.95. The maximum atomic E-state index is 12.6. The Bertz CT molecular complexity index is 592. The van der Waals surface area contributed by atoms with Gasteiger partial charge < -0.3 is 19.9 Å². The molecule has 6 nitrogen and oxygen atoms in total. The molecule has 1 aliphatic rings. The molecular weight excluding hydrogens is 342 g/mol. The number of benzene rings is 1. The summed E-state index contributed by atoms with van der Waals surface area (Å²) in [5, 5.41) is 2.68. The molecule has 1 N–H and O–H groups in total. The highest BCUT2D eigenvalue weighted by Crippen LogP contribution is 2.26. The van der Waals surface area contributed by atoms with Gasteiger partial charge in [0.2, 0.25) is 5.91 Å². The predicted molar refractivity (Wildman–Crippen MR) is 106 cm³/mol. The molecule has 1 aromatic rings. The van der Waals surface area contributed by atoms with E-state index in [1.807, 2.05) is 35.2 Å². The van der Waals surface area contributed by atoms with E-state index in [1.165, 1.54) is 0 Å². The number of likely N-dealkylation sites (tertiary alicyclic amines) is 1. The van der Waals surface area contributed by atoms with Crippen molar-refractivity contribution in [3.8, 4) is 0 Å². The van der Waals surface area contributed by atoms with Crippen molar-refractivity contribution in [1.29, 1.82) is 0 Å². The van der Waals surface area contributed by atoms with Crippen LogP contribution in [0.4, 0.5) is 4.79 Å². The van der Waals surface area contributed by atoms with E-state index in [0.717, 1.165) is 37.9 Å². The van der Waals surface area contributed by atoms with Crippen LogP contribution in [-0.4, -0.2) is 61.6 Å². The topological polar surface area (TPSA) is 61.9 Å². The van der Waals surface area contributed by atoms with Gasteiger partial charge in [0.05, 0.1) is 0 Å². The van der Waals surface area contributed by atoms with E-state index < -0.39 is 6.09 Å². The van der Waals surface area contributed by atoms with E-state index in [-0.39, 0.29) is 12.5 Å². The Labute approximate surface area is 162 Å². The van der Waals surface area contributed by atoms with Gasteiger partial charge in [-0.1, -0.05) is 37.3 Å². The summed E-state index contributed by atoms with van der Waals surface area (Å²) < 4.78 is 5.17. The van der Waals surface area contributed by atoms with Crippen molar-refractivity contribution in [2.45, 2.75) is 45.3 Å². The Morgan fingerprint density at radius 2 is 2.04 bits per heavy atom. The van der Waals surface area contributed by atoms with Crippen LogP contribution in [0.3, 0.4) is 0 Å². The molecule has 0 aliphatic carbocycles. The molecule has 2 rings (SSSR count). The Morgan fingerprint density at radius 1 is 1.30 bits per heavy atom. The zero-order chi connectivity index (χ0) is 19.6. The molecule has 0 spiro atoms. The third-order valence-electron chi connectivity index (χ3n) is 5.13. The maximum absolute atomic E-state index is 12.6. The molecule has 27 heavy (non-hydrogen) atoms. The molecule has 2 amide bonds. The number of nitrogens with zero attached hydrogens (tertiary/aromatic N) is 2. The molecule has 0 aromatic heterocycles. The van der Waals surface area contributed by atoms with Gasteiger partial charge in [-0.05, 0) is 51.4 Å². The van der Waals surface area contributed by atoms with Gasteiger partial charge in [-0.3, -0.25) is 4.79 Å². The summed E-state index contributed by atoms with van der Waals surface area (Å²) in [7, 11) is 4.15. The molecular formula is C21H33N3O3. The fourth-order valence-corrected chi connectivity index (χ4v) is 3.54. The van der Waals surface area contributed by atoms with E-state index in [1.54, 1.807) is 0 Å². The quantitative estimate of drug-likeness (QED) is 0.721. The van der Waals surface area contributed by atoms with Gasteiger partial charge in [-0.15, -0.1) is 0 Å². The fourth-order valence-electron chi connectivity index (χ4n) is 3.54. The van der Waals surface area contributed by atoms with E-state index >= 15 is 0 Å². The highest BCUT2D eigenvalue weighted by molar-refractivity contribution is 5.77. The molecule has 0 radical (unpaired) electrons. The van der Waals surface area contributed by atoms with Crippen molar-refractivity contribution in [3.63, 3.8) is 0 Å². The molecule has 1 aliphatic heterocycles. The van der Waals surface area contributed by atoms with Crippen molar-refractivity contribution in [2.24, 2.45) is 5.92 Å². The minimum atomic E-state index is -0.482. The summed E-state index contributed by atoms with van der Waals surface area (Å²) in [4.78, 5) is 28.6. The summed E-state index contributed by atoms with van der Waals surface area (Å²) in [5.74, 6) is 0.611. The summed E-state index contributed by atoms with van der Waals surface area (Å²) in [6.45, 7) is 4.64. The Balaban J connectivity index is 1.68. The van der Waals surface area contributed by atoms with Crippen LogP contribution in [0.15, 0.2) is 30.3 Å². The predicted octanol–water partition coefficient (Wildman–Crippen LogP) is 2.88. The number of amides is 2. The van der Waals surface area contributed by atoms with Gasteiger partial charge in [0.1, 0.15) is 6.61 Å². The van der Waals surface area contributed by atoms with Crippen LogP contribution in [0.1, 0.15) is 38.2 Å².